The van der Waals surface area contributed by atoms with Crippen molar-refractivity contribution in [3.8, 4) is 23.3 Å². The summed E-state index contributed by atoms with van der Waals surface area (Å²) in [5.74, 6) is 3.21. The van der Waals surface area contributed by atoms with Crippen molar-refractivity contribution in [3.63, 3.8) is 0 Å². The largest absolute Gasteiger partial charge is 0.480 e. The first-order valence-electron chi connectivity index (χ1n) is 7.14. The molecule has 0 spiro atoms. The predicted octanol–water partition coefficient (Wildman–Crippen LogP) is 2.64. The number of aromatic amines is 1. The second kappa shape index (κ2) is 5.35. The molecule has 112 valence electrons. The lowest BCUT2D eigenvalue weighted by Gasteiger charge is -2.05. The fraction of sp³-hybridized carbons (Fsp3) is 0.533. The van der Waals surface area contributed by atoms with Crippen LogP contribution in [0.1, 0.15) is 31.9 Å². The van der Waals surface area contributed by atoms with E-state index < -0.39 is 0 Å². The molecule has 6 nitrogen and oxygen atoms in total. The summed E-state index contributed by atoms with van der Waals surface area (Å²) in [5, 5.41) is 0. The number of hydrogen-bond acceptors (Lipinski definition) is 5. The van der Waals surface area contributed by atoms with E-state index in [-0.39, 0.29) is 6.01 Å². The Kier molecular flexibility index (Phi) is 3.53. The predicted molar refractivity (Wildman–Crippen MR) is 78.4 cm³/mol. The lowest BCUT2D eigenvalue weighted by atomic mass is 10.1. The summed E-state index contributed by atoms with van der Waals surface area (Å²) in [6, 6.07) is 0.282. The molecule has 0 aromatic carbocycles. The lowest BCUT2D eigenvalue weighted by Crippen LogP contribution is -1.98. The Balaban J connectivity index is 1.87. The summed E-state index contributed by atoms with van der Waals surface area (Å²) in [7, 11) is 3.10. The molecule has 1 N–H and O–H groups in total. The highest BCUT2D eigenvalue weighted by atomic mass is 16.5. The minimum atomic E-state index is 0.282. The Morgan fingerprint density at radius 2 is 2.05 bits per heavy atom. The molecule has 0 unspecified atom stereocenters. The molecular formula is C15H20N4O2. The highest BCUT2D eigenvalue weighted by Crippen LogP contribution is 2.51. The van der Waals surface area contributed by atoms with Crippen LogP contribution in [0, 0.1) is 11.8 Å². The third-order valence-electron chi connectivity index (χ3n) is 4.04. The van der Waals surface area contributed by atoms with Crippen LogP contribution in [-0.4, -0.2) is 34.2 Å². The van der Waals surface area contributed by atoms with E-state index in [1.165, 1.54) is 13.5 Å². The summed E-state index contributed by atoms with van der Waals surface area (Å²) in [4.78, 5) is 16.2. The molecule has 0 radical (unpaired) electrons. The molecule has 1 saturated carbocycles. The Morgan fingerprint density at radius 3 is 2.67 bits per heavy atom. The van der Waals surface area contributed by atoms with E-state index in [9.17, 15) is 0 Å². The van der Waals surface area contributed by atoms with E-state index in [2.05, 4.69) is 33.8 Å². The molecule has 0 amide bonds. The fourth-order valence-corrected chi connectivity index (χ4v) is 2.72. The van der Waals surface area contributed by atoms with Crippen molar-refractivity contribution in [1.82, 2.24) is 19.9 Å². The molecule has 0 saturated heterocycles. The van der Waals surface area contributed by atoms with Crippen LogP contribution >= 0.6 is 0 Å². The number of imidazole rings is 1. The molecule has 2 atom stereocenters. The van der Waals surface area contributed by atoms with Gasteiger partial charge in [-0.05, 0) is 18.3 Å². The van der Waals surface area contributed by atoms with Gasteiger partial charge in [-0.3, -0.25) is 0 Å². The van der Waals surface area contributed by atoms with Gasteiger partial charge in [0.05, 0.1) is 25.5 Å². The van der Waals surface area contributed by atoms with E-state index in [1.807, 2.05) is 6.20 Å². The van der Waals surface area contributed by atoms with Crippen LogP contribution in [0.15, 0.2) is 12.4 Å². The Labute approximate surface area is 123 Å². The highest BCUT2D eigenvalue weighted by molar-refractivity contribution is 5.61. The summed E-state index contributed by atoms with van der Waals surface area (Å²) >= 11 is 0. The number of H-pyrrole nitrogens is 1. The zero-order valence-corrected chi connectivity index (χ0v) is 12.8. The standard InChI is InChI=1S/C15H20N4O2/c1-8(2)9-5-10(9)12-7-16-13(18-12)11-6-17-15(21-4)19-14(11)20-3/h6-10H,5H2,1-4H3,(H,16,18)/t9-,10+/m1/s1. The number of rotatable bonds is 5. The van der Waals surface area contributed by atoms with Crippen LogP contribution in [0.2, 0.25) is 0 Å². The quantitative estimate of drug-likeness (QED) is 0.915. The molecular weight excluding hydrogens is 268 g/mol. The van der Waals surface area contributed by atoms with E-state index in [4.69, 9.17) is 9.47 Å². The summed E-state index contributed by atoms with van der Waals surface area (Å²) in [5.41, 5.74) is 1.85. The van der Waals surface area contributed by atoms with Crippen LogP contribution in [0.5, 0.6) is 11.9 Å². The Morgan fingerprint density at radius 1 is 1.24 bits per heavy atom. The summed E-state index contributed by atoms with van der Waals surface area (Å²) in [6.07, 6.45) is 4.87. The van der Waals surface area contributed by atoms with Gasteiger partial charge in [-0.1, -0.05) is 13.8 Å². The molecule has 2 aromatic rings. The molecule has 6 heteroatoms. The summed E-state index contributed by atoms with van der Waals surface area (Å²) in [6.45, 7) is 4.52. The minimum Gasteiger partial charge on any atom is -0.480 e. The molecule has 1 fully saturated rings. The zero-order valence-electron chi connectivity index (χ0n) is 12.8. The van der Waals surface area contributed by atoms with Gasteiger partial charge in [0.1, 0.15) is 5.82 Å². The maximum absolute atomic E-state index is 5.30. The van der Waals surface area contributed by atoms with Gasteiger partial charge >= 0.3 is 6.01 Å². The minimum absolute atomic E-state index is 0.282. The maximum Gasteiger partial charge on any atom is 0.319 e. The fourth-order valence-electron chi connectivity index (χ4n) is 2.72. The molecule has 1 aliphatic carbocycles. The first kappa shape index (κ1) is 13.9. The van der Waals surface area contributed by atoms with Gasteiger partial charge in [-0.25, -0.2) is 9.97 Å². The van der Waals surface area contributed by atoms with Crippen LogP contribution in [0.4, 0.5) is 0 Å². The van der Waals surface area contributed by atoms with Crippen molar-refractivity contribution in [2.75, 3.05) is 14.2 Å². The van der Waals surface area contributed by atoms with Crippen LogP contribution < -0.4 is 9.47 Å². The first-order valence-corrected chi connectivity index (χ1v) is 7.14. The number of hydrogen-bond donors (Lipinski definition) is 1. The van der Waals surface area contributed by atoms with Gasteiger partial charge in [-0.2, -0.15) is 4.98 Å². The Hall–Kier alpha value is -2.11. The molecule has 0 aliphatic heterocycles. The van der Waals surface area contributed by atoms with E-state index >= 15 is 0 Å². The molecule has 0 bridgehead atoms. The topological polar surface area (TPSA) is 72.9 Å². The lowest BCUT2D eigenvalue weighted by molar-refractivity contribution is 0.353. The van der Waals surface area contributed by atoms with Gasteiger partial charge < -0.3 is 14.5 Å². The van der Waals surface area contributed by atoms with Crippen LogP contribution in [-0.2, 0) is 0 Å². The maximum atomic E-state index is 5.30. The van der Waals surface area contributed by atoms with E-state index in [0.717, 1.165) is 23.0 Å². The van der Waals surface area contributed by atoms with Crippen molar-refractivity contribution in [2.24, 2.45) is 11.8 Å². The Bertz CT molecular complexity index is 638. The van der Waals surface area contributed by atoms with Crippen LogP contribution in [0.3, 0.4) is 0 Å². The van der Waals surface area contributed by atoms with Crippen molar-refractivity contribution in [2.45, 2.75) is 26.2 Å². The van der Waals surface area contributed by atoms with E-state index in [1.54, 1.807) is 13.3 Å². The SMILES string of the molecule is COc1ncc(-c2nc([C@H]3C[C@@H]3C(C)C)c[nH]2)c(OC)n1. The van der Waals surface area contributed by atoms with E-state index in [0.29, 0.717) is 17.7 Å². The number of nitrogens with one attached hydrogen (secondary N) is 1. The third-order valence-corrected chi connectivity index (χ3v) is 4.04. The summed E-state index contributed by atoms with van der Waals surface area (Å²) < 4.78 is 10.3. The average molecular weight is 288 g/mol. The second-order valence-electron chi connectivity index (χ2n) is 5.70. The third kappa shape index (κ3) is 2.57. The van der Waals surface area contributed by atoms with Crippen LogP contribution in [0.25, 0.3) is 11.4 Å². The van der Waals surface area contributed by atoms with Crippen molar-refractivity contribution >= 4 is 0 Å². The van der Waals surface area contributed by atoms with Gasteiger partial charge in [0.25, 0.3) is 0 Å². The van der Waals surface area contributed by atoms with Crippen molar-refractivity contribution in [1.29, 1.82) is 0 Å². The number of methoxy groups -OCH3 is 2. The molecule has 2 aromatic heterocycles. The molecule has 2 heterocycles. The average Bonchev–Trinajstić information content (AvgIpc) is 3.17. The second-order valence-corrected chi connectivity index (χ2v) is 5.70. The van der Waals surface area contributed by atoms with Gasteiger partial charge in [-0.15, -0.1) is 0 Å². The number of ether oxygens (including phenoxy) is 2. The number of aromatic nitrogens is 4. The first-order chi connectivity index (χ1) is 10.1. The van der Waals surface area contributed by atoms with Gasteiger partial charge in [0.2, 0.25) is 5.88 Å². The normalized spacial score (nSPS) is 20.6. The highest BCUT2D eigenvalue weighted by Gasteiger charge is 2.41. The molecule has 21 heavy (non-hydrogen) atoms. The zero-order chi connectivity index (χ0) is 15.0. The molecule has 3 rings (SSSR count). The molecule has 1 aliphatic rings. The smallest absolute Gasteiger partial charge is 0.319 e. The van der Waals surface area contributed by atoms with Crippen molar-refractivity contribution in [3.05, 3.63) is 18.1 Å². The monoisotopic (exact) mass is 288 g/mol. The number of nitrogens with zero attached hydrogens (tertiary/aromatic N) is 3. The van der Waals surface area contributed by atoms with Crippen molar-refractivity contribution < 1.29 is 9.47 Å². The van der Waals surface area contributed by atoms with Gasteiger partial charge in [0.15, 0.2) is 0 Å². The van der Waals surface area contributed by atoms with Gasteiger partial charge in [0, 0.05) is 18.3 Å².